The van der Waals surface area contributed by atoms with E-state index in [1.54, 1.807) is 10.6 Å². The minimum Gasteiger partial charge on any atom is -0.507 e. The summed E-state index contributed by atoms with van der Waals surface area (Å²) < 4.78 is 1.74. The first-order chi connectivity index (χ1) is 12.4. The monoisotopic (exact) mass is 353 g/mol. The van der Waals surface area contributed by atoms with Gasteiger partial charge in [0.15, 0.2) is 0 Å². The van der Waals surface area contributed by atoms with Crippen LogP contribution < -0.4 is 5.32 Å². The number of carboxylic acid groups (broad SMARTS) is 1. The Balaban J connectivity index is 2.03. The minimum atomic E-state index is -1.27. The summed E-state index contributed by atoms with van der Waals surface area (Å²) in [5.74, 6) is -2.00. The van der Waals surface area contributed by atoms with Crippen LogP contribution in [0.3, 0.4) is 0 Å². The van der Waals surface area contributed by atoms with Crippen LogP contribution in [-0.4, -0.2) is 31.5 Å². The van der Waals surface area contributed by atoms with Crippen LogP contribution in [0.25, 0.3) is 5.65 Å². The molecule has 0 fully saturated rings. The van der Waals surface area contributed by atoms with E-state index in [0.29, 0.717) is 17.8 Å². The SMILES string of the molecule is CCCc1nc2c(C)cccn2c1C(=O)Nc1ccc(O)c(C(=O)O)c1. The molecule has 0 bridgehead atoms. The van der Waals surface area contributed by atoms with Gasteiger partial charge < -0.3 is 15.5 Å². The van der Waals surface area contributed by atoms with Crippen molar-refractivity contribution in [2.75, 3.05) is 5.32 Å². The smallest absolute Gasteiger partial charge is 0.339 e. The number of nitrogens with zero attached hydrogens (tertiary/aromatic N) is 2. The molecule has 0 aliphatic heterocycles. The molecule has 134 valence electrons. The first-order valence-electron chi connectivity index (χ1n) is 8.26. The molecule has 2 heterocycles. The number of carboxylic acids is 1. The first kappa shape index (κ1) is 17.5. The van der Waals surface area contributed by atoms with Crippen molar-refractivity contribution >= 4 is 23.2 Å². The Morgan fingerprint density at radius 1 is 1.27 bits per heavy atom. The van der Waals surface area contributed by atoms with Crippen molar-refractivity contribution in [1.82, 2.24) is 9.38 Å². The molecule has 7 heteroatoms. The van der Waals surface area contributed by atoms with E-state index in [1.807, 2.05) is 26.0 Å². The molecule has 0 spiro atoms. The standard InChI is InChI=1S/C19H19N3O4/c1-3-5-14-16(22-9-4-6-11(2)17(22)21-14)18(24)20-12-7-8-15(23)13(10-12)19(25)26/h4,6-10,23H,3,5H2,1-2H3,(H,20,24)(H,25,26). The van der Waals surface area contributed by atoms with E-state index in [2.05, 4.69) is 10.3 Å². The Morgan fingerprint density at radius 2 is 2.04 bits per heavy atom. The maximum Gasteiger partial charge on any atom is 0.339 e. The molecule has 3 rings (SSSR count). The molecular formula is C19H19N3O4. The van der Waals surface area contributed by atoms with E-state index in [-0.39, 0.29) is 22.9 Å². The number of phenols is 1. The third-order valence-corrected chi connectivity index (χ3v) is 4.10. The second kappa shape index (κ2) is 6.87. The average Bonchev–Trinajstić information content (AvgIpc) is 2.96. The number of fused-ring (bicyclic) bond motifs is 1. The summed E-state index contributed by atoms with van der Waals surface area (Å²) in [6.45, 7) is 3.94. The van der Waals surface area contributed by atoms with E-state index in [4.69, 9.17) is 5.11 Å². The van der Waals surface area contributed by atoms with Gasteiger partial charge in [-0.3, -0.25) is 9.20 Å². The molecule has 26 heavy (non-hydrogen) atoms. The van der Waals surface area contributed by atoms with Gasteiger partial charge in [-0.05, 0) is 43.2 Å². The van der Waals surface area contributed by atoms with Gasteiger partial charge in [0.25, 0.3) is 5.91 Å². The summed E-state index contributed by atoms with van der Waals surface area (Å²) in [4.78, 5) is 28.6. The summed E-state index contributed by atoms with van der Waals surface area (Å²) >= 11 is 0. The van der Waals surface area contributed by atoms with Gasteiger partial charge in [-0.25, -0.2) is 9.78 Å². The van der Waals surface area contributed by atoms with Gasteiger partial charge in [0.1, 0.15) is 22.7 Å². The number of rotatable bonds is 5. The number of pyridine rings is 1. The lowest BCUT2D eigenvalue weighted by molar-refractivity contribution is 0.0693. The van der Waals surface area contributed by atoms with Gasteiger partial charge in [0.2, 0.25) is 0 Å². The third kappa shape index (κ3) is 3.11. The van der Waals surface area contributed by atoms with Crippen LogP contribution in [0.1, 0.15) is 45.4 Å². The molecule has 3 N–H and O–H groups in total. The fraction of sp³-hybridized carbons (Fsp3) is 0.211. The van der Waals surface area contributed by atoms with Gasteiger partial charge in [0, 0.05) is 11.9 Å². The Kier molecular flexibility index (Phi) is 4.62. The van der Waals surface area contributed by atoms with Gasteiger partial charge in [0.05, 0.1) is 5.69 Å². The lowest BCUT2D eigenvalue weighted by Crippen LogP contribution is -2.17. The van der Waals surface area contributed by atoms with Crippen molar-refractivity contribution in [3.63, 3.8) is 0 Å². The topological polar surface area (TPSA) is 104 Å². The number of hydrogen-bond acceptors (Lipinski definition) is 4. The molecule has 0 unspecified atom stereocenters. The number of hydrogen-bond donors (Lipinski definition) is 3. The number of anilines is 1. The second-order valence-electron chi connectivity index (χ2n) is 6.03. The molecule has 0 aliphatic rings. The Hall–Kier alpha value is -3.35. The number of carbonyl (C=O) groups is 2. The number of amides is 1. The summed E-state index contributed by atoms with van der Waals surface area (Å²) in [5.41, 5.74) is 2.81. The van der Waals surface area contributed by atoms with Gasteiger partial charge in [-0.2, -0.15) is 0 Å². The van der Waals surface area contributed by atoms with Crippen molar-refractivity contribution in [1.29, 1.82) is 0 Å². The van der Waals surface area contributed by atoms with Gasteiger partial charge in [-0.15, -0.1) is 0 Å². The largest absolute Gasteiger partial charge is 0.507 e. The number of aromatic carboxylic acids is 1. The van der Waals surface area contributed by atoms with E-state index in [9.17, 15) is 14.7 Å². The summed E-state index contributed by atoms with van der Waals surface area (Å²) in [6.07, 6.45) is 3.27. The highest BCUT2D eigenvalue weighted by molar-refractivity contribution is 6.05. The number of carbonyl (C=O) groups excluding carboxylic acids is 1. The van der Waals surface area contributed by atoms with E-state index < -0.39 is 5.97 Å². The van der Waals surface area contributed by atoms with Crippen LogP contribution in [0.15, 0.2) is 36.5 Å². The molecule has 7 nitrogen and oxygen atoms in total. The lowest BCUT2D eigenvalue weighted by Gasteiger charge is -2.09. The predicted octanol–water partition coefficient (Wildman–Crippen LogP) is 3.25. The molecule has 1 aromatic carbocycles. The third-order valence-electron chi connectivity index (χ3n) is 4.10. The van der Waals surface area contributed by atoms with Crippen molar-refractivity contribution in [2.24, 2.45) is 0 Å². The zero-order valence-electron chi connectivity index (χ0n) is 14.5. The van der Waals surface area contributed by atoms with Crippen LogP contribution in [-0.2, 0) is 6.42 Å². The highest BCUT2D eigenvalue weighted by Gasteiger charge is 2.20. The number of aromatic nitrogens is 2. The summed E-state index contributed by atoms with van der Waals surface area (Å²) in [7, 11) is 0. The van der Waals surface area contributed by atoms with Crippen molar-refractivity contribution < 1.29 is 19.8 Å². The number of aryl methyl sites for hydroxylation is 2. The molecular weight excluding hydrogens is 334 g/mol. The number of imidazole rings is 1. The fourth-order valence-electron chi connectivity index (χ4n) is 2.88. The van der Waals surface area contributed by atoms with Crippen LogP contribution >= 0.6 is 0 Å². The van der Waals surface area contributed by atoms with Crippen LogP contribution in [0.5, 0.6) is 5.75 Å². The molecule has 1 amide bonds. The molecule has 0 radical (unpaired) electrons. The maximum atomic E-state index is 12.9. The predicted molar refractivity (Wildman–Crippen MR) is 96.9 cm³/mol. The zero-order chi connectivity index (χ0) is 18.8. The molecule has 0 saturated carbocycles. The number of benzene rings is 1. The minimum absolute atomic E-state index is 0.273. The van der Waals surface area contributed by atoms with Crippen molar-refractivity contribution in [2.45, 2.75) is 26.7 Å². The number of nitrogens with one attached hydrogen (secondary N) is 1. The van der Waals surface area contributed by atoms with E-state index >= 15 is 0 Å². The fourth-order valence-corrected chi connectivity index (χ4v) is 2.88. The van der Waals surface area contributed by atoms with E-state index in [0.717, 1.165) is 17.6 Å². The Bertz CT molecular complexity index is 1010. The van der Waals surface area contributed by atoms with Crippen molar-refractivity contribution in [3.05, 3.63) is 59.0 Å². The zero-order valence-corrected chi connectivity index (χ0v) is 14.5. The maximum absolute atomic E-state index is 12.9. The Morgan fingerprint density at radius 3 is 2.73 bits per heavy atom. The van der Waals surface area contributed by atoms with Crippen LogP contribution in [0, 0.1) is 6.92 Å². The average molecular weight is 353 g/mol. The quantitative estimate of drug-likeness (QED) is 0.611. The summed E-state index contributed by atoms with van der Waals surface area (Å²) in [5, 5.41) is 21.4. The summed E-state index contributed by atoms with van der Waals surface area (Å²) in [6, 6.07) is 7.69. The first-order valence-corrected chi connectivity index (χ1v) is 8.26. The normalized spacial score (nSPS) is 10.8. The lowest BCUT2D eigenvalue weighted by atomic mass is 10.1. The van der Waals surface area contributed by atoms with Gasteiger partial charge >= 0.3 is 5.97 Å². The highest BCUT2D eigenvalue weighted by atomic mass is 16.4. The number of aromatic hydroxyl groups is 1. The molecule has 0 atom stereocenters. The van der Waals surface area contributed by atoms with Crippen molar-refractivity contribution in [3.8, 4) is 5.75 Å². The molecule has 2 aromatic heterocycles. The Labute approximate surface area is 149 Å². The van der Waals surface area contributed by atoms with E-state index in [1.165, 1.54) is 18.2 Å². The molecule has 0 saturated heterocycles. The van der Waals surface area contributed by atoms with Crippen LogP contribution in [0.4, 0.5) is 5.69 Å². The molecule has 3 aromatic rings. The molecule has 0 aliphatic carbocycles. The highest BCUT2D eigenvalue weighted by Crippen LogP contribution is 2.23. The van der Waals surface area contributed by atoms with Gasteiger partial charge in [-0.1, -0.05) is 19.4 Å². The second-order valence-corrected chi connectivity index (χ2v) is 6.03. The van der Waals surface area contributed by atoms with Crippen LogP contribution in [0.2, 0.25) is 0 Å².